The second kappa shape index (κ2) is 5.19. The number of aromatic nitrogens is 2. The van der Waals surface area contributed by atoms with Gasteiger partial charge in [0.25, 0.3) is 0 Å². The Hall–Kier alpha value is -0.870. The smallest absolute Gasteiger partial charge is 0.0641 e. The molecule has 96 valence electrons. The van der Waals surface area contributed by atoms with Crippen molar-refractivity contribution in [1.82, 2.24) is 15.1 Å². The molecule has 2 atom stereocenters. The molecule has 0 aromatic carbocycles. The van der Waals surface area contributed by atoms with Crippen molar-refractivity contribution in [1.29, 1.82) is 0 Å². The summed E-state index contributed by atoms with van der Waals surface area (Å²) in [6.07, 6.45) is 3.85. The maximum atomic E-state index is 5.80. The van der Waals surface area contributed by atoms with Crippen LogP contribution in [-0.4, -0.2) is 22.4 Å². The van der Waals surface area contributed by atoms with Gasteiger partial charge in [0.05, 0.1) is 5.69 Å². The lowest BCUT2D eigenvalue weighted by Gasteiger charge is -2.19. The summed E-state index contributed by atoms with van der Waals surface area (Å²) in [5.74, 6) is 0.660. The van der Waals surface area contributed by atoms with Gasteiger partial charge in [0.1, 0.15) is 0 Å². The van der Waals surface area contributed by atoms with Crippen molar-refractivity contribution in [3.8, 4) is 0 Å². The molecule has 1 aliphatic carbocycles. The first kappa shape index (κ1) is 12.6. The Morgan fingerprint density at radius 3 is 2.76 bits per heavy atom. The van der Waals surface area contributed by atoms with E-state index in [4.69, 9.17) is 5.73 Å². The van der Waals surface area contributed by atoms with Crippen LogP contribution in [0.5, 0.6) is 0 Å². The summed E-state index contributed by atoms with van der Waals surface area (Å²) < 4.78 is 1.96. The van der Waals surface area contributed by atoms with Crippen LogP contribution in [0.1, 0.15) is 36.2 Å². The zero-order valence-electron chi connectivity index (χ0n) is 11.2. The number of nitrogens with one attached hydrogen (secondary N) is 1. The molecule has 1 aromatic rings. The van der Waals surface area contributed by atoms with E-state index in [2.05, 4.69) is 24.3 Å². The van der Waals surface area contributed by atoms with Crippen LogP contribution >= 0.6 is 0 Å². The van der Waals surface area contributed by atoms with Crippen LogP contribution in [0.15, 0.2) is 0 Å². The Balaban J connectivity index is 1.97. The van der Waals surface area contributed by atoms with Gasteiger partial charge in [0.2, 0.25) is 0 Å². The van der Waals surface area contributed by atoms with Crippen molar-refractivity contribution in [2.24, 2.45) is 18.7 Å². The molecular formula is C13H24N4. The van der Waals surface area contributed by atoms with Crippen molar-refractivity contribution < 1.29 is 0 Å². The molecule has 1 saturated carbocycles. The number of hydrogen-bond acceptors (Lipinski definition) is 3. The molecule has 4 nitrogen and oxygen atoms in total. The third-order valence-corrected chi connectivity index (χ3v) is 4.16. The maximum Gasteiger partial charge on any atom is 0.0641 e. The van der Waals surface area contributed by atoms with Crippen LogP contribution in [-0.2, 0) is 13.6 Å². The summed E-state index contributed by atoms with van der Waals surface area (Å²) in [6, 6.07) is 0.596. The van der Waals surface area contributed by atoms with Crippen molar-refractivity contribution >= 4 is 0 Å². The molecule has 3 N–H and O–H groups in total. The normalized spacial score (nSPS) is 24.5. The summed E-state index contributed by atoms with van der Waals surface area (Å²) in [7, 11) is 2.00. The summed E-state index contributed by atoms with van der Waals surface area (Å²) in [5.41, 5.74) is 9.54. The third-order valence-electron chi connectivity index (χ3n) is 4.16. The number of rotatable bonds is 4. The van der Waals surface area contributed by atoms with E-state index in [0.717, 1.165) is 18.8 Å². The highest BCUT2D eigenvalue weighted by Gasteiger charge is 2.25. The Morgan fingerprint density at radius 2 is 2.18 bits per heavy atom. The first-order valence-corrected chi connectivity index (χ1v) is 6.56. The molecule has 0 radical (unpaired) electrons. The van der Waals surface area contributed by atoms with Crippen LogP contribution in [0.3, 0.4) is 0 Å². The molecule has 0 bridgehead atoms. The molecule has 17 heavy (non-hydrogen) atoms. The highest BCUT2D eigenvalue weighted by atomic mass is 15.3. The topological polar surface area (TPSA) is 55.9 Å². The van der Waals surface area contributed by atoms with E-state index in [0.29, 0.717) is 12.0 Å². The molecule has 2 rings (SSSR count). The average Bonchev–Trinajstić information content (AvgIpc) is 2.84. The number of hydrogen-bond donors (Lipinski definition) is 2. The predicted octanol–water partition coefficient (Wildman–Crippen LogP) is 1.25. The molecule has 0 aliphatic heterocycles. The minimum absolute atomic E-state index is 0.596. The van der Waals surface area contributed by atoms with Gasteiger partial charge in [-0.3, -0.25) is 4.68 Å². The average molecular weight is 236 g/mol. The molecular weight excluding hydrogens is 212 g/mol. The standard InChI is InChI=1S/C13H24N4/c1-9-12(10(2)17(3)16-9)8-15-13-6-4-5-11(13)7-14/h11,13,15H,4-8,14H2,1-3H3. The Morgan fingerprint density at radius 1 is 1.41 bits per heavy atom. The summed E-state index contributed by atoms with van der Waals surface area (Å²) >= 11 is 0. The van der Waals surface area contributed by atoms with Crippen molar-refractivity contribution in [3.05, 3.63) is 17.0 Å². The number of aryl methyl sites for hydroxylation is 2. The SMILES string of the molecule is Cc1nn(C)c(C)c1CNC1CCCC1CN. The van der Waals surface area contributed by atoms with E-state index in [1.807, 2.05) is 11.7 Å². The summed E-state index contributed by atoms with van der Waals surface area (Å²) in [6.45, 7) is 5.94. The van der Waals surface area contributed by atoms with Crippen LogP contribution in [0, 0.1) is 19.8 Å². The molecule has 0 saturated heterocycles. The number of nitrogens with two attached hydrogens (primary N) is 1. The fraction of sp³-hybridized carbons (Fsp3) is 0.769. The molecule has 2 unspecified atom stereocenters. The Labute approximate surface area is 104 Å². The minimum atomic E-state index is 0.596. The van der Waals surface area contributed by atoms with E-state index in [1.54, 1.807) is 0 Å². The van der Waals surface area contributed by atoms with E-state index in [1.165, 1.54) is 30.5 Å². The van der Waals surface area contributed by atoms with Crippen LogP contribution in [0.4, 0.5) is 0 Å². The van der Waals surface area contributed by atoms with Crippen LogP contribution in [0.2, 0.25) is 0 Å². The molecule has 1 aliphatic rings. The van der Waals surface area contributed by atoms with Crippen molar-refractivity contribution in [3.63, 3.8) is 0 Å². The first-order chi connectivity index (χ1) is 8.13. The molecule has 0 spiro atoms. The van der Waals surface area contributed by atoms with Crippen molar-refractivity contribution in [2.75, 3.05) is 6.54 Å². The zero-order valence-corrected chi connectivity index (χ0v) is 11.2. The van der Waals surface area contributed by atoms with Gasteiger partial charge in [-0.15, -0.1) is 0 Å². The van der Waals surface area contributed by atoms with Gasteiger partial charge in [-0.1, -0.05) is 6.42 Å². The zero-order chi connectivity index (χ0) is 12.4. The monoisotopic (exact) mass is 236 g/mol. The second-order valence-corrected chi connectivity index (χ2v) is 5.19. The van der Waals surface area contributed by atoms with E-state index in [9.17, 15) is 0 Å². The quantitative estimate of drug-likeness (QED) is 0.827. The molecule has 1 fully saturated rings. The van der Waals surface area contributed by atoms with Gasteiger partial charge in [-0.05, 0) is 39.2 Å². The Kier molecular flexibility index (Phi) is 3.84. The molecule has 0 amide bonds. The largest absolute Gasteiger partial charge is 0.330 e. The fourth-order valence-corrected chi connectivity index (χ4v) is 2.89. The van der Waals surface area contributed by atoms with Crippen LogP contribution < -0.4 is 11.1 Å². The summed E-state index contributed by atoms with van der Waals surface area (Å²) in [5, 5.41) is 8.11. The third kappa shape index (κ3) is 2.53. The van der Waals surface area contributed by atoms with Gasteiger partial charge in [-0.25, -0.2) is 0 Å². The van der Waals surface area contributed by atoms with E-state index >= 15 is 0 Å². The second-order valence-electron chi connectivity index (χ2n) is 5.19. The Bertz CT molecular complexity index is 383. The van der Waals surface area contributed by atoms with E-state index in [-0.39, 0.29) is 0 Å². The van der Waals surface area contributed by atoms with Gasteiger partial charge in [0.15, 0.2) is 0 Å². The lowest BCUT2D eigenvalue weighted by atomic mass is 10.0. The van der Waals surface area contributed by atoms with Gasteiger partial charge in [0, 0.05) is 30.9 Å². The molecule has 1 heterocycles. The lowest BCUT2D eigenvalue weighted by Crippen LogP contribution is -2.35. The fourth-order valence-electron chi connectivity index (χ4n) is 2.89. The minimum Gasteiger partial charge on any atom is -0.330 e. The molecule has 1 aromatic heterocycles. The van der Waals surface area contributed by atoms with Gasteiger partial charge in [-0.2, -0.15) is 5.10 Å². The number of nitrogens with zero attached hydrogens (tertiary/aromatic N) is 2. The molecule has 4 heteroatoms. The first-order valence-electron chi connectivity index (χ1n) is 6.56. The van der Waals surface area contributed by atoms with Gasteiger partial charge >= 0.3 is 0 Å². The van der Waals surface area contributed by atoms with Crippen molar-refractivity contribution in [2.45, 2.75) is 45.7 Å². The predicted molar refractivity (Wildman–Crippen MR) is 69.7 cm³/mol. The lowest BCUT2D eigenvalue weighted by molar-refractivity contribution is 0.405. The van der Waals surface area contributed by atoms with Crippen LogP contribution in [0.25, 0.3) is 0 Å². The maximum absolute atomic E-state index is 5.80. The van der Waals surface area contributed by atoms with Gasteiger partial charge < -0.3 is 11.1 Å². The highest BCUT2D eigenvalue weighted by Crippen LogP contribution is 2.25. The highest BCUT2D eigenvalue weighted by molar-refractivity contribution is 5.24. The summed E-state index contributed by atoms with van der Waals surface area (Å²) in [4.78, 5) is 0. The van der Waals surface area contributed by atoms with E-state index < -0.39 is 0 Å².